The van der Waals surface area contributed by atoms with E-state index in [1.165, 1.54) is 0 Å². The van der Waals surface area contributed by atoms with Crippen molar-refractivity contribution in [2.75, 3.05) is 40.8 Å². The molecule has 0 aromatic carbocycles. The Hall–Kier alpha value is 0.423. The SMILES string of the molecule is CC[N](C)[Ge]([N](C)CC)[N](C)CC. The van der Waals surface area contributed by atoms with Crippen LogP contribution < -0.4 is 0 Å². The van der Waals surface area contributed by atoms with E-state index in [0.29, 0.717) is 0 Å². The Morgan fingerprint density at radius 3 is 1.08 bits per heavy atom. The Morgan fingerprint density at radius 2 is 0.923 bits per heavy atom. The number of hydrogen-bond donors (Lipinski definition) is 0. The maximum absolute atomic E-state index is 2.52. The summed E-state index contributed by atoms with van der Waals surface area (Å²) >= 11 is -1.31. The quantitative estimate of drug-likeness (QED) is 0.643. The molecule has 1 radical (unpaired) electrons. The molecule has 0 fully saturated rings. The third-order valence-corrected chi connectivity index (χ3v) is 8.74. The van der Waals surface area contributed by atoms with Crippen molar-refractivity contribution in [3.8, 4) is 0 Å². The summed E-state index contributed by atoms with van der Waals surface area (Å²) in [6.45, 7) is 10.2. The van der Waals surface area contributed by atoms with Crippen LogP contribution in [0.3, 0.4) is 0 Å². The Balaban J connectivity index is 4.34. The predicted octanol–water partition coefficient (Wildman–Crippen LogP) is 0.826. The van der Waals surface area contributed by atoms with Crippen molar-refractivity contribution in [2.45, 2.75) is 20.8 Å². The van der Waals surface area contributed by atoms with Gasteiger partial charge in [0.1, 0.15) is 0 Å². The zero-order chi connectivity index (χ0) is 10.4. The van der Waals surface area contributed by atoms with Gasteiger partial charge in [-0.1, -0.05) is 0 Å². The van der Waals surface area contributed by atoms with E-state index in [2.05, 4.69) is 53.5 Å². The minimum atomic E-state index is -1.31. The molecule has 0 aromatic heterocycles. The molecule has 0 saturated carbocycles. The van der Waals surface area contributed by atoms with E-state index in [4.69, 9.17) is 0 Å². The third kappa shape index (κ3) is 3.98. The van der Waals surface area contributed by atoms with Crippen LogP contribution in [0.15, 0.2) is 0 Å². The van der Waals surface area contributed by atoms with Crippen molar-refractivity contribution < 1.29 is 0 Å². The standard InChI is InChI=1S/C9H24GeN3/c1-7-11(4)10(12(5)8-2)13(6)9-3/h7-9H2,1-6H3. The first kappa shape index (κ1) is 13.4. The molecule has 0 saturated heterocycles. The molecule has 0 aliphatic rings. The zero-order valence-electron chi connectivity index (χ0n) is 9.96. The van der Waals surface area contributed by atoms with Crippen LogP contribution in [-0.2, 0) is 0 Å². The Bertz CT molecular complexity index is 108. The van der Waals surface area contributed by atoms with Gasteiger partial charge in [0.25, 0.3) is 0 Å². The Labute approximate surface area is 88.5 Å². The summed E-state index contributed by atoms with van der Waals surface area (Å²) < 4.78 is 7.56. The van der Waals surface area contributed by atoms with Crippen LogP contribution in [0, 0.1) is 0 Å². The molecule has 79 valence electrons. The van der Waals surface area contributed by atoms with Crippen LogP contribution in [0.25, 0.3) is 0 Å². The summed E-state index contributed by atoms with van der Waals surface area (Å²) in [4.78, 5) is 0. The van der Waals surface area contributed by atoms with Crippen LogP contribution in [0.1, 0.15) is 20.8 Å². The zero-order valence-corrected chi connectivity index (χ0v) is 12.1. The first-order chi connectivity index (χ1) is 6.08. The fourth-order valence-electron chi connectivity index (χ4n) is 1.30. The topological polar surface area (TPSA) is 9.72 Å². The molecule has 4 heteroatoms. The Kier molecular flexibility index (Phi) is 7.04. The molecule has 0 heterocycles. The second kappa shape index (κ2) is 6.81. The van der Waals surface area contributed by atoms with E-state index in [9.17, 15) is 0 Å². The first-order valence-electron chi connectivity index (χ1n) is 5.08. The van der Waals surface area contributed by atoms with Crippen molar-refractivity contribution in [3.05, 3.63) is 0 Å². The fraction of sp³-hybridized carbons (Fsp3) is 1.00. The van der Waals surface area contributed by atoms with Gasteiger partial charge in [0, 0.05) is 0 Å². The summed E-state index contributed by atoms with van der Waals surface area (Å²) in [6, 6.07) is 0. The average molecular weight is 247 g/mol. The molecular formula is C9H24GeN3. The molecule has 0 rings (SSSR count). The van der Waals surface area contributed by atoms with Crippen molar-refractivity contribution >= 4 is 15.0 Å². The van der Waals surface area contributed by atoms with E-state index in [1.54, 1.807) is 0 Å². The number of hydrogen-bond acceptors (Lipinski definition) is 3. The van der Waals surface area contributed by atoms with Gasteiger partial charge < -0.3 is 0 Å². The minimum absolute atomic E-state index is 1.16. The molecule has 0 N–H and O–H groups in total. The van der Waals surface area contributed by atoms with Gasteiger partial charge in [-0.25, -0.2) is 0 Å². The van der Waals surface area contributed by atoms with Gasteiger partial charge in [0.2, 0.25) is 0 Å². The molecule has 0 unspecified atom stereocenters. The van der Waals surface area contributed by atoms with Crippen LogP contribution in [0.5, 0.6) is 0 Å². The first-order valence-corrected chi connectivity index (χ1v) is 7.90. The van der Waals surface area contributed by atoms with Gasteiger partial charge in [-0.3, -0.25) is 0 Å². The molecular weight excluding hydrogens is 223 g/mol. The van der Waals surface area contributed by atoms with Crippen LogP contribution in [0.2, 0.25) is 0 Å². The number of nitrogens with zero attached hydrogens (tertiary/aromatic N) is 3. The van der Waals surface area contributed by atoms with Gasteiger partial charge in [-0.2, -0.15) is 0 Å². The van der Waals surface area contributed by atoms with Gasteiger partial charge in [0.05, 0.1) is 0 Å². The maximum atomic E-state index is 2.52. The second-order valence-corrected chi connectivity index (χ2v) is 9.41. The van der Waals surface area contributed by atoms with E-state index in [0.717, 1.165) is 19.6 Å². The molecule has 13 heavy (non-hydrogen) atoms. The molecule has 0 spiro atoms. The van der Waals surface area contributed by atoms with Crippen molar-refractivity contribution in [2.24, 2.45) is 0 Å². The van der Waals surface area contributed by atoms with Crippen molar-refractivity contribution in [3.63, 3.8) is 0 Å². The average Bonchev–Trinajstić information content (AvgIpc) is 2.16. The fourth-order valence-corrected chi connectivity index (χ4v) is 6.75. The molecule has 3 nitrogen and oxygen atoms in total. The van der Waals surface area contributed by atoms with Crippen molar-refractivity contribution in [1.29, 1.82) is 0 Å². The van der Waals surface area contributed by atoms with E-state index < -0.39 is 15.0 Å². The second-order valence-electron chi connectivity index (χ2n) is 3.34. The van der Waals surface area contributed by atoms with Gasteiger partial charge in [-0.15, -0.1) is 0 Å². The van der Waals surface area contributed by atoms with E-state index in [1.807, 2.05) is 0 Å². The Morgan fingerprint density at radius 1 is 0.692 bits per heavy atom. The van der Waals surface area contributed by atoms with Crippen LogP contribution in [-0.4, -0.2) is 67.4 Å². The normalized spacial score (nSPS) is 12.5. The summed E-state index contributed by atoms with van der Waals surface area (Å²) in [5.41, 5.74) is 0. The predicted molar refractivity (Wildman–Crippen MR) is 60.7 cm³/mol. The summed E-state index contributed by atoms with van der Waals surface area (Å²) in [5.74, 6) is 0. The third-order valence-electron chi connectivity index (χ3n) is 2.45. The summed E-state index contributed by atoms with van der Waals surface area (Å²) in [6.07, 6.45) is 0. The van der Waals surface area contributed by atoms with Gasteiger partial charge >= 0.3 is 88.1 Å². The molecule has 0 amide bonds. The van der Waals surface area contributed by atoms with Crippen LogP contribution in [0.4, 0.5) is 0 Å². The van der Waals surface area contributed by atoms with E-state index >= 15 is 0 Å². The van der Waals surface area contributed by atoms with Gasteiger partial charge in [0.15, 0.2) is 0 Å². The molecule has 0 aromatic rings. The molecule has 0 aliphatic carbocycles. The molecule has 0 bridgehead atoms. The van der Waals surface area contributed by atoms with Crippen molar-refractivity contribution in [1.82, 2.24) is 11.6 Å². The van der Waals surface area contributed by atoms with Gasteiger partial charge in [-0.05, 0) is 0 Å². The molecule has 0 aliphatic heterocycles. The van der Waals surface area contributed by atoms with E-state index in [-0.39, 0.29) is 0 Å². The van der Waals surface area contributed by atoms with Crippen LogP contribution >= 0.6 is 0 Å². The number of rotatable bonds is 6. The molecule has 0 atom stereocenters. The monoisotopic (exact) mass is 248 g/mol. The summed E-state index contributed by atoms with van der Waals surface area (Å²) in [7, 11) is 6.73. The summed E-state index contributed by atoms with van der Waals surface area (Å²) in [5, 5.41) is 0.